The average Bonchev–Trinajstić information content (AvgIpc) is 3.03. The largest absolute Gasteiger partial charge is 0.439 e. The van der Waals surface area contributed by atoms with Gasteiger partial charge >= 0.3 is 0 Å². The Labute approximate surface area is 139 Å². The molecule has 3 aromatic rings. The van der Waals surface area contributed by atoms with Crippen LogP contribution < -0.4 is 5.32 Å². The average molecular weight is 331 g/mol. The molecule has 1 N–H and O–H groups in total. The molecule has 0 radical (unpaired) electrons. The summed E-state index contributed by atoms with van der Waals surface area (Å²) in [6.45, 7) is 2.57. The van der Waals surface area contributed by atoms with E-state index in [0.717, 1.165) is 16.1 Å². The molecule has 1 aromatic heterocycles. The molecular weight excluding hydrogens is 315 g/mol. The van der Waals surface area contributed by atoms with E-state index < -0.39 is 0 Å². The van der Waals surface area contributed by atoms with Gasteiger partial charge in [0.15, 0.2) is 5.76 Å². The van der Waals surface area contributed by atoms with Crippen molar-refractivity contribution in [3.63, 3.8) is 0 Å². The second-order valence-corrected chi connectivity index (χ2v) is 5.72. The number of hydrogen-bond acceptors (Lipinski definition) is 3. The van der Waals surface area contributed by atoms with Gasteiger partial charge in [0, 0.05) is 16.6 Å². The zero-order chi connectivity index (χ0) is 16.2. The fraction of sp³-hybridized carbons (Fsp3) is 0.167. The topological polar surface area (TPSA) is 38.1 Å². The smallest absolute Gasteiger partial charge is 0.208 e. The predicted molar refractivity (Wildman–Crippen MR) is 88.6 cm³/mol. The third-order valence-electron chi connectivity index (χ3n) is 3.61. The minimum Gasteiger partial charge on any atom is -0.439 e. The standard InChI is InChI=1S/C18H16ClFN2O/c1-12(13-2-6-15(19)7-3-13)21-11-18-22-10-17(23-18)14-4-8-16(20)9-5-14/h2-10,12,21H,11H2,1H3/t12-/m1/s1. The SMILES string of the molecule is C[C@@H](NCc1ncc(-c2ccc(F)cc2)o1)c1ccc(Cl)cc1. The number of rotatable bonds is 5. The van der Waals surface area contributed by atoms with Gasteiger partial charge in [-0.25, -0.2) is 9.37 Å². The lowest BCUT2D eigenvalue weighted by Crippen LogP contribution is -2.18. The van der Waals surface area contributed by atoms with Crippen LogP contribution in [0.3, 0.4) is 0 Å². The van der Waals surface area contributed by atoms with Crippen LogP contribution in [0.15, 0.2) is 59.1 Å². The van der Waals surface area contributed by atoms with E-state index in [4.69, 9.17) is 16.0 Å². The Morgan fingerprint density at radius 3 is 2.52 bits per heavy atom. The third kappa shape index (κ3) is 3.97. The molecule has 0 aliphatic carbocycles. The zero-order valence-electron chi connectivity index (χ0n) is 12.6. The fourth-order valence-corrected chi connectivity index (χ4v) is 2.38. The number of aromatic nitrogens is 1. The molecule has 3 nitrogen and oxygen atoms in total. The Hall–Kier alpha value is -2.17. The molecule has 0 amide bonds. The van der Waals surface area contributed by atoms with Gasteiger partial charge in [0.1, 0.15) is 5.82 Å². The molecule has 118 valence electrons. The molecule has 0 aliphatic rings. The van der Waals surface area contributed by atoms with Crippen LogP contribution in [0.25, 0.3) is 11.3 Å². The molecule has 0 saturated heterocycles. The summed E-state index contributed by atoms with van der Waals surface area (Å²) in [4.78, 5) is 4.25. The lowest BCUT2D eigenvalue weighted by atomic mass is 10.1. The van der Waals surface area contributed by atoms with Crippen molar-refractivity contribution in [3.8, 4) is 11.3 Å². The van der Waals surface area contributed by atoms with E-state index in [1.807, 2.05) is 24.3 Å². The molecule has 5 heteroatoms. The van der Waals surface area contributed by atoms with Crippen LogP contribution in [0.2, 0.25) is 5.02 Å². The van der Waals surface area contributed by atoms with Gasteiger partial charge in [-0.2, -0.15) is 0 Å². The molecule has 3 rings (SSSR count). The summed E-state index contributed by atoms with van der Waals surface area (Å²) in [5.41, 5.74) is 1.94. The van der Waals surface area contributed by atoms with E-state index >= 15 is 0 Å². The first-order valence-corrected chi connectivity index (χ1v) is 7.69. The number of nitrogens with one attached hydrogen (secondary N) is 1. The van der Waals surface area contributed by atoms with Crippen molar-refractivity contribution in [2.75, 3.05) is 0 Å². The van der Waals surface area contributed by atoms with Crippen molar-refractivity contribution >= 4 is 11.6 Å². The molecule has 23 heavy (non-hydrogen) atoms. The van der Waals surface area contributed by atoms with Crippen molar-refractivity contribution in [2.24, 2.45) is 0 Å². The Balaban J connectivity index is 1.63. The second kappa shape index (κ2) is 6.94. The Bertz CT molecular complexity index is 768. The quantitative estimate of drug-likeness (QED) is 0.716. The van der Waals surface area contributed by atoms with Crippen LogP contribution in [0, 0.1) is 5.82 Å². The fourth-order valence-electron chi connectivity index (χ4n) is 2.25. The highest BCUT2D eigenvalue weighted by Gasteiger charge is 2.09. The molecule has 2 aromatic carbocycles. The molecule has 0 bridgehead atoms. The highest BCUT2D eigenvalue weighted by atomic mass is 35.5. The van der Waals surface area contributed by atoms with E-state index in [-0.39, 0.29) is 11.9 Å². The molecule has 1 atom stereocenters. The summed E-state index contributed by atoms with van der Waals surface area (Å²) in [5.74, 6) is 0.943. The molecular formula is C18H16ClFN2O. The van der Waals surface area contributed by atoms with Crippen molar-refractivity contribution in [1.29, 1.82) is 0 Å². The second-order valence-electron chi connectivity index (χ2n) is 5.28. The first-order valence-electron chi connectivity index (χ1n) is 7.31. The van der Waals surface area contributed by atoms with Crippen LogP contribution in [-0.2, 0) is 6.54 Å². The van der Waals surface area contributed by atoms with Gasteiger partial charge in [0.2, 0.25) is 5.89 Å². The van der Waals surface area contributed by atoms with Crippen LogP contribution in [0.5, 0.6) is 0 Å². The van der Waals surface area contributed by atoms with Crippen molar-refractivity contribution in [1.82, 2.24) is 10.3 Å². The number of oxazole rings is 1. The van der Waals surface area contributed by atoms with Gasteiger partial charge in [0.25, 0.3) is 0 Å². The van der Waals surface area contributed by atoms with Crippen molar-refractivity contribution < 1.29 is 8.81 Å². The van der Waals surface area contributed by atoms with Crippen molar-refractivity contribution in [2.45, 2.75) is 19.5 Å². The van der Waals surface area contributed by atoms with E-state index in [2.05, 4.69) is 17.2 Å². The van der Waals surface area contributed by atoms with E-state index in [9.17, 15) is 4.39 Å². The number of halogens is 2. The summed E-state index contributed by atoms with van der Waals surface area (Å²) in [6.07, 6.45) is 1.65. The highest BCUT2D eigenvalue weighted by Crippen LogP contribution is 2.21. The van der Waals surface area contributed by atoms with Gasteiger partial charge in [-0.1, -0.05) is 23.7 Å². The number of hydrogen-bond donors (Lipinski definition) is 1. The summed E-state index contributed by atoms with van der Waals surface area (Å²) < 4.78 is 18.6. The molecule has 1 heterocycles. The Morgan fingerprint density at radius 1 is 1.13 bits per heavy atom. The number of benzene rings is 2. The minimum absolute atomic E-state index is 0.147. The monoisotopic (exact) mass is 330 g/mol. The maximum absolute atomic E-state index is 12.9. The lowest BCUT2D eigenvalue weighted by Gasteiger charge is -2.12. The maximum Gasteiger partial charge on any atom is 0.208 e. The predicted octanol–water partition coefficient (Wildman–Crippen LogP) is 4.98. The first-order chi connectivity index (χ1) is 11.1. The van der Waals surface area contributed by atoms with E-state index in [1.165, 1.54) is 12.1 Å². The van der Waals surface area contributed by atoms with E-state index in [1.54, 1.807) is 18.3 Å². The Kier molecular flexibility index (Phi) is 4.74. The van der Waals surface area contributed by atoms with Gasteiger partial charge in [0.05, 0.1) is 12.7 Å². The zero-order valence-corrected chi connectivity index (χ0v) is 13.3. The summed E-state index contributed by atoms with van der Waals surface area (Å²) >= 11 is 5.89. The maximum atomic E-state index is 12.9. The van der Waals surface area contributed by atoms with Crippen LogP contribution in [0.1, 0.15) is 24.4 Å². The van der Waals surface area contributed by atoms with Crippen molar-refractivity contribution in [3.05, 3.63) is 77.0 Å². The van der Waals surface area contributed by atoms with Gasteiger partial charge < -0.3 is 9.73 Å². The summed E-state index contributed by atoms with van der Waals surface area (Å²) in [7, 11) is 0. The van der Waals surface area contributed by atoms with Crippen LogP contribution in [-0.4, -0.2) is 4.98 Å². The lowest BCUT2D eigenvalue weighted by molar-refractivity contribution is 0.454. The van der Waals surface area contributed by atoms with Gasteiger partial charge in [-0.05, 0) is 48.9 Å². The van der Waals surface area contributed by atoms with Gasteiger partial charge in [-0.3, -0.25) is 0 Å². The van der Waals surface area contributed by atoms with Gasteiger partial charge in [-0.15, -0.1) is 0 Å². The summed E-state index contributed by atoms with van der Waals surface area (Å²) in [6, 6.07) is 14.0. The molecule has 0 fully saturated rings. The van der Waals surface area contributed by atoms with Crippen LogP contribution in [0.4, 0.5) is 4.39 Å². The van der Waals surface area contributed by atoms with Crippen LogP contribution >= 0.6 is 11.6 Å². The molecule has 0 unspecified atom stereocenters. The molecule has 0 spiro atoms. The number of nitrogens with zero attached hydrogens (tertiary/aromatic N) is 1. The highest BCUT2D eigenvalue weighted by molar-refractivity contribution is 6.30. The molecule has 0 aliphatic heterocycles. The molecule has 0 saturated carbocycles. The Morgan fingerprint density at radius 2 is 1.83 bits per heavy atom. The van der Waals surface area contributed by atoms with E-state index in [0.29, 0.717) is 18.2 Å². The summed E-state index contributed by atoms with van der Waals surface area (Å²) in [5, 5.41) is 4.07. The minimum atomic E-state index is -0.271. The first kappa shape index (κ1) is 15.7. The third-order valence-corrected chi connectivity index (χ3v) is 3.86. The normalized spacial score (nSPS) is 12.3.